The summed E-state index contributed by atoms with van der Waals surface area (Å²) in [5.41, 5.74) is 23.1. The van der Waals surface area contributed by atoms with Crippen LogP contribution in [-0.2, 0) is 0 Å². The highest BCUT2D eigenvalue weighted by Gasteiger charge is 2.46. The van der Waals surface area contributed by atoms with Gasteiger partial charge in [-0.2, -0.15) is 0 Å². The number of fused-ring (bicyclic) bond motifs is 9. The van der Waals surface area contributed by atoms with E-state index in [1.165, 1.54) is 100 Å². The van der Waals surface area contributed by atoms with Crippen molar-refractivity contribution in [2.75, 3.05) is 14.7 Å². The Morgan fingerprint density at radius 3 is 1.28 bits per heavy atom. The number of hydrogen-bond donors (Lipinski definition) is 0. The van der Waals surface area contributed by atoms with Crippen LogP contribution < -0.4 is 47.5 Å². The van der Waals surface area contributed by atoms with Crippen LogP contribution in [0.1, 0.15) is 22.6 Å². The third kappa shape index (κ3) is 5.01. The lowest BCUT2D eigenvalue weighted by atomic mass is 9.31. The number of benzene rings is 10. The highest BCUT2D eigenvalue weighted by molar-refractivity contribution is 7.01. The summed E-state index contributed by atoms with van der Waals surface area (Å²) in [4.78, 5) is 7.47. The summed E-state index contributed by atoms with van der Waals surface area (Å²) in [6.07, 6.45) is 0. The Hall–Kier alpha value is -8.01. The first kappa shape index (κ1) is 35.6. The van der Waals surface area contributed by atoms with Crippen LogP contribution in [0.25, 0.3) is 10.8 Å². The Kier molecular flexibility index (Phi) is 7.64. The van der Waals surface area contributed by atoms with Crippen LogP contribution in [0.5, 0.6) is 0 Å². The van der Waals surface area contributed by atoms with Gasteiger partial charge in [-0.05, 0) is 128 Å². The molecule has 0 saturated carbocycles. The molecule has 0 fully saturated rings. The van der Waals surface area contributed by atoms with Gasteiger partial charge in [0.25, 0.3) is 6.71 Å². The largest absolute Gasteiger partial charge is 0.312 e. The Labute approximate surface area is 374 Å². The Morgan fingerprint density at radius 1 is 0.281 bits per heavy atom. The Morgan fingerprint density at radius 2 is 0.703 bits per heavy atom. The number of para-hydroxylation sites is 5. The average Bonchev–Trinajstić information content (AvgIpc) is 3.36. The van der Waals surface area contributed by atoms with E-state index < -0.39 is 0 Å². The second-order valence-corrected chi connectivity index (χ2v) is 17.6. The molecule has 0 aliphatic carbocycles. The Bertz CT molecular complexity index is 3250. The molecule has 64 heavy (non-hydrogen) atoms. The van der Waals surface area contributed by atoms with Gasteiger partial charge in [0.15, 0.2) is 0 Å². The minimum Gasteiger partial charge on any atom is -0.312 e. The standard InChI is InChI=1S/C59H39B2N3/c1-5-19-39(20-6-1)57-45-27-17-32-53-58(45)60(47-28-13-15-30-51(47)62(53)42-21-7-2-8-22-42)49-36-41-38-56-50(37-40(41)35-46(49)57)61-48-29-14-16-31-52(48)63(43-23-9-3-10-24-43)54-33-18-34-55(59(54)61)64(56)44-25-11-4-12-26-44/h1-38,57H. The lowest BCUT2D eigenvalue weighted by molar-refractivity contribution is 0.987. The first-order chi connectivity index (χ1) is 31.8. The maximum absolute atomic E-state index is 2.56. The van der Waals surface area contributed by atoms with E-state index in [1.807, 2.05) is 0 Å². The van der Waals surface area contributed by atoms with Gasteiger partial charge in [-0.25, -0.2) is 0 Å². The van der Waals surface area contributed by atoms with Crippen LogP contribution in [0, 0.1) is 0 Å². The normalized spacial score (nSPS) is 14.9. The van der Waals surface area contributed by atoms with Crippen molar-refractivity contribution in [3.63, 3.8) is 0 Å². The van der Waals surface area contributed by atoms with Gasteiger partial charge in [-0.3, -0.25) is 0 Å². The monoisotopic (exact) mass is 811 g/mol. The molecule has 0 spiro atoms. The quantitative estimate of drug-likeness (QED) is 0.164. The third-order valence-corrected chi connectivity index (χ3v) is 14.3. The smallest absolute Gasteiger partial charge is 0.252 e. The van der Waals surface area contributed by atoms with Gasteiger partial charge < -0.3 is 14.7 Å². The van der Waals surface area contributed by atoms with Crippen molar-refractivity contribution in [3.05, 3.63) is 247 Å². The molecule has 0 radical (unpaired) electrons. The summed E-state index contributed by atoms with van der Waals surface area (Å²) in [7, 11) is 0. The minimum atomic E-state index is 0.0418. The van der Waals surface area contributed by atoms with E-state index in [0.717, 1.165) is 11.4 Å². The fourth-order valence-corrected chi connectivity index (χ4v) is 11.8. The molecule has 0 N–H and O–H groups in total. The number of rotatable bonds is 4. The van der Waals surface area contributed by atoms with Crippen molar-refractivity contribution in [2.24, 2.45) is 0 Å². The van der Waals surface area contributed by atoms with E-state index >= 15 is 0 Å². The van der Waals surface area contributed by atoms with E-state index in [-0.39, 0.29) is 19.3 Å². The maximum Gasteiger partial charge on any atom is 0.252 e. The number of nitrogens with zero attached hydrogens (tertiary/aromatic N) is 3. The first-order valence-corrected chi connectivity index (χ1v) is 22.5. The van der Waals surface area contributed by atoms with Gasteiger partial charge in [-0.15, -0.1) is 0 Å². The molecule has 1 atom stereocenters. The van der Waals surface area contributed by atoms with E-state index in [4.69, 9.17) is 0 Å². The molecule has 14 rings (SSSR count). The van der Waals surface area contributed by atoms with Gasteiger partial charge in [-0.1, -0.05) is 163 Å². The van der Waals surface area contributed by atoms with Crippen molar-refractivity contribution < 1.29 is 0 Å². The fraction of sp³-hybridized carbons (Fsp3) is 0.0169. The fourth-order valence-electron chi connectivity index (χ4n) is 11.8. The summed E-state index contributed by atoms with van der Waals surface area (Å²) >= 11 is 0. The van der Waals surface area contributed by atoms with Crippen LogP contribution in [0.2, 0.25) is 0 Å². The van der Waals surface area contributed by atoms with Gasteiger partial charge >= 0.3 is 0 Å². The van der Waals surface area contributed by atoms with E-state index in [2.05, 4.69) is 245 Å². The molecular formula is C59H39B2N3. The van der Waals surface area contributed by atoms with Crippen LogP contribution in [0.4, 0.5) is 51.2 Å². The molecule has 1 unspecified atom stereocenters. The second-order valence-electron chi connectivity index (χ2n) is 17.6. The molecule has 0 saturated heterocycles. The zero-order valence-corrected chi connectivity index (χ0v) is 35.0. The summed E-state index contributed by atoms with van der Waals surface area (Å²) in [6.45, 7) is 0.112. The van der Waals surface area contributed by atoms with Crippen LogP contribution in [0.15, 0.2) is 231 Å². The van der Waals surface area contributed by atoms with Crippen LogP contribution in [-0.4, -0.2) is 13.4 Å². The lowest BCUT2D eigenvalue weighted by Crippen LogP contribution is -2.62. The van der Waals surface area contributed by atoms with Crippen molar-refractivity contribution in [1.82, 2.24) is 0 Å². The molecule has 0 aromatic heterocycles. The van der Waals surface area contributed by atoms with Crippen molar-refractivity contribution in [3.8, 4) is 0 Å². The molecule has 4 aliphatic rings. The molecule has 10 aromatic rings. The summed E-state index contributed by atoms with van der Waals surface area (Å²) in [5, 5.41) is 2.52. The molecule has 0 bridgehead atoms. The molecular weight excluding hydrogens is 772 g/mol. The van der Waals surface area contributed by atoms with Gasteiger partial charge in [0.05, 0.1) is 0 Å². The van der Waals surface area contributed by atoms with E-state index in [0.29, 0.717) is 0 Å². The van der Waals surface area contributed by atoms with Crippen LogP contribution >= 0.6 is 0 Å². The van der Waals surface area contributed by atoms with Gasteiger partial charge in [0.1, 0.15) is 0 Å². The van der Waals surface area contributed by atoms with Gasteiger partial charge in [0.2, 0.25) is 6.71 Å². The van der Waals surface area contributed by atoms with Crippen molar-refractivity contribution in [2.45, 2.75) is 5.92 Å². The summed E-state index contributed by atoms with van der Waals surface area (Å²) in [5.74, 6) is 0.0636. The molecule has 296 valence electrons. The molecule has 4 aliphatic heterocycles. The van der Waals surface area contributed by atoms with Crippen LogP contribution in [0.3, 0.4) is 0 Å². The predicted molar refractivity (Wildman–Crippen MR) is 271 cm³/mol. The zero-order valence-electron chi connectivity index (χ0n) is 35.0. The lowest BCUT2D eigenvalue weighted by Gasteiger charge is -2.44. The molecule has 10 aromatic carbocycles. The Balaban J connectivity index is 1.05. The minimum absolute atomic E-state index is 0.0418. The summed E-state index contributed by atoms with van der Waals surface area (Å²) < 4.78 is 0. The van der Waals surface area contributed by atoms with E-state index in [1.54, 1.807) is 0 Å². The summed E-state index contributed by atoms with van der Waals surface area (Å²) in [6, 6.07) is 86.1. The van der Waals surface area contributed by atoms with Gasteiger partial charge in [0, 0.05) is 57.1 Å². The first-order valence-electron chi connectivity index (χ1n) is 22.5. The molecule has 0 amide bonds. The molecule has 5 heteroatoms. The van der Waals surface area contributed by atoms with Crippen molar-refractivity contribution >= 4 is 108 Å². The average molecular weight is 812 g/mol. The van der Waals surface area contributed by atoms with Crippen molar-refractivity contribution in [1.29, 1.82) is 0 Å². The third-order valence-electron chi connectivity index (χ3n) is 14.3. The number of hydrogen-bond acceptors (Lipinski definition) is 3. The van der Waals surface area contributed by atoms with E-state index in [9.17, 15) is 0 Å². The molecule has 4 heterocycles. The topological polar surface area (TPSA) is 9.72 Å². The zero-order chi connectivity index (χ0) is 41.9. The number of anilines is 9. The maximum atomic E-state index is 2.56. The highest BCUT2D eigenvalue weighted by Crippen LogP contribution is 2.46. The molecule has 3 nitrogen and oxygen atoms in total. The predicted octanol–water partition coefficient (Wildman–Crippen LogP) is 10.7. The second kappa shape index (κ2) is 13.7. The highest BCUT2D eigenvalue weighted by atomic mass is 15.2. The SMILES string of the molecule is c1ccc(C2c3cc4cc5c(cc4cc3B3c4ccccc4N(c4ccccc4)c4cccc2c43)N(c2ccccc2)c2cccc3c2B5c2ccccc2N3c2ccccc2)cc1.